The van der Waals surface area contributed by atoms with E-state index in [0.29, 0.717) is 16.8 Å². The summed E-state index contributed by atoms with van der Waals surface area (Å²) in [5, 5.41) is 0.838. The molecule has 0 aliphatic carbocycles. The lowest BCUT2D eigenvalue weighted by molar-refractivity contribution is -0.138. The molecule has 0 aromatic carbocycles. The van der Waals surface area contributed by atoms with E-state index in [1.807, 2.05) is 19.9 Å². The standard InChI is InChI=1S/C12H15Cl2NO2/c1-12(2)16-7-9(17-12)4-3-8-5-10(13)11(14)15-6-8/h5-6,9H,3-4,7H2,1-2H3/t9-/m0/s1. The fourth-order valence-electron chi connectivity index (χ4n) is 1.83. The number of ether oxygens (including phenoxy) is 2. The van der Waals surface area contributed by atoms with Gasteiger partial charge in [-0.3, -0.25) is 0 Å². The average molecular weight is 276 g/mol. The molecule has 1 aromatic rings. The van der Waals surface area contributed by atoms with Gasteiger partial charge < -0.3 is 9.47 Å². The second kappa shape index (κ2) is 5.11. The molecule has 1 aliphatic heterocycles. The Kier molecular flexibility index (Phi) is 3.93. The Labute approximate surface area is 111 Å². The first-order chi connectivity index (χ1) is 7.96. The first-order valence-electron chi connectivity index (χ1n) is 5.58. The smallest absolute Gasteiger partial charge is 0.163 e. The molecule has 1 saturated heterocycles. The van der Waals surface area contributed by atoms with Gasteiger partial charge in [0.05, 0.1) is 17.7 Å². The lowest BCUT2D eigenvalue weighted by Crippen LogP contribution is -2.21. The van der Waals surface area contributed by atoms with Gasteiger partial charge in [0.25, 0.3) is 0 Å². The lowest BCUT2D eigenvalue weighted by Gasteiger charge is -2.17. The summed E-state index contributed by atoms with van der Waals surface area (Å²) < 4.78 is 11.2. The van der Waals surface area contributed by atoms with Gasteiger partial charge in [-0.2, -0.15) is 0 Å². The molecule has 1 atom stereocenters. The highest BCUT2D eigenvalue weighted by atomic mass is 35.5. The molecule has 0 bridgehead atoms. The Morgan fingerprint density at radius 3 is 2.82 bits per heavy atom. The molecule has 1 aliphatic rings. The van der Waals surface area contributed by atoms with Crippen molar-refractivity contribution >= 4 is 23.2 Å². The van der Waals surface area contributed by atoms with Gasteiger partial charge in [0.15, 0.2) is 5.79 Å². The minimum absolute atomic E-state index is 0.138. The van der Waals surface area contributed by atoms with Crippen molar-refractivity contribution in [3.05, 3.63) is 28.0 Å². The Balaban J connectivity index is 1.88. The Morgan fingerprint density at radius 2 is 2.24 bits per heavy atom. The Morgan fingerprint density at radius 1 is 1.47 bits per heavy atom. The van der Waals surface area contributed by atoms with E-state index in [4.69, 9.17) is 32.7 Å². The van der Waals surface area contributed by atoms with Crippen LogP contribution in [0, 0.1) is 0 Å². The summed E-state index contributed by atoms with van der Waals surface area (Å²) in [6, 6.07) is 1.85. The van der Waals surface area contributed by atoms with Gasteiger partial charge >= 0.3 is 0 Å². The first kappa shape index (κ1) is 13.1. The molecule has 17 heavy (non-hydrogen) atoms. The number of hydrogen-bond donors (Lipinski definition) is 0. The summed E-state index contributed by atoms with van der Waals surface area (Å²) in [5.74, 6) is -0.458. The minimum atomic E-state index is -0.458. The highest BCUT2D eigenvalue weighted by Crippen LogP contribution is 2.26. The SMILES string of the molecule is CC1(C)OC[C@H](CCc2cnc(Cl)c(Cl)c2)O1. The normalized spacial score (nSPS) is 22.9. The molecule has 0 N–H and O–H groups in total. The number of aryl methyl sites for hydroxylation is 1. The van der Waals surface area contributed by atoms with Crippen LogP contribution in [0.3, 0.4) is 0 Å². The average Bonchev–Trinajstić information content (AvgIpc) is 2.60. The number of pyridine rings is 1. The third-order valence-electron chi connectivity index (χ3n) is 2.68. The molecule has 1 aromatic heterocycles. The molecule has 0 unspecified atom stereocenters. The number of hydrogen-bond acceptors (Lipinski definition) is 3. The van der Waals surface area contributed by atoms with Crippen molar-refractivity contribution in [1.29, 1.82) is 0 Å². The molecule has 5 heteroatoms. The number of nitrogens with zero attached hydrogens (tertiary/aromatic N) is 1. The molecule has 94 valence electrons. The van der Waals surface area contributed by atoms with E-state index in [9.17, 15) is 0 Å². The fourth-order valence-corrected chi connectivity index (χ4v) is 2.12. The molecule has 2 heterocycles. The highest BCUT2D eigenvalue weighted by molar-refractivity contribution is 6.41. The number of aromatic nitrogens is 1. The van der Waals surface area contributed by atoms with Crippen molar-refractivity contribution in [3.63, 3.8) is 0 Å². The van der Waals surface area contributed by atoms with Crippen LogP contribution in [0.15, 0.2) is 12.3 Å². The van der Waals surface area contributed by atoms with Crippen molar-refractivity contribution in [3.8, 4) is 0 Å². The van der Waals surface area contributed by atoms with Crippen molar-refractivity contribution in [2.75, 3.05) is 6.61 Å². The van der Waals surface area contributed by atoms with Crippen LogP contribution in [-0.2, 0) is 15.9 Å². The zero-order chi connectivity index (χ0) is 12.5. The molecular formula is C12H15Cl2NO2. The van der Waals surface area contributed by atoms with E-state index >= 15 is 0 Å². The predicted molar refractivity (Wildman–Crippen MR) is 67.5 cm³/mol. The van der Waals surface area contributed by atoms with Crippen molar-refractivity contribution in [1.82, 2.24) is 4.98 Å². The van der Waals surface area contributed by atoms with Gasteiger partial charge in [0.2, 0.25) is 0 Å². The monoisotopic (exact) mass is 275 g/mol. The summed E-state index contributed by atoms with van der Waals surface area (Å²) in [6.45, 7) is 4.49. The van der Waals surface area contributed by atoms with Gasteiger partial charge in [0, 0.05) is 6.20 Å². The maximum Gasteiger partial charge on any atom is 0.163 e. The number of halogens is 2. The molecular weight excluding hydrogens is 261 g/mol. The van der Waals surface area contributed by atoms with E-state index in [2.05, 4.69) is 4.98 Å². The van der Waals surface area contributed by atoms with Gasteiger partial charge in [-0.15, -0.1) is 0 Å². The second-order valence-electron chi connectivity index (χ2n) is 4.61. The van der Waals surface area contributed by atoms with E-state index in [1.165, 1.54) is 0 Å². The van der Waals surface area contributed by atoms with Crippen LogP contribution in [-0.4, -0.2) is 23.5 Å². The number of rotatable bonds is 3. The van der Waals surface area contributed by atoms with E-state index in [-0.39, 0.29) is 6.10 Å². The van der Waals surface area contributed by atoms with Crippen LogP contribution in [0.25, 0.3) is 0 Å². The zero-order valence-electron chi connectivity index (χ0n) is 9.87. The molecule has 0 spiro atoms. The van der Waals surface area contributed by atoms with Crippen LogP contribution in [0.5, 0.6) is 0 Å². The predicted octanol–water partition coefficient (Wildman–Crippen LogP) is 3.47. The van der Waals surface area contributed by atoms with Crippen LogP contribution >= 0.6 is 23.2 Å². The van der Waals surface area contributed by atoms with Crippen LogP contribution in [0.1, 0.15) is 25.8 Å². The summed E-state index contributed by atoms with van der Waals surface area (Å²) in [5.41, 5.74) is 1.06. The van der Waals surface area contributed by atoms with E-state index in [0.717, 1.165) is 18.4 Å². The largest absolute Gasteiger partial charge is 0.348 e. The van der Waals surface area contributed by atoms with Crippen LogP contribution < -0.4 is 0 Å². The highest BCUT2D eigenvalue weighted by Gasteiger charge is 2.32. The molecule has 0 saturated carbocycles. The van der Waals surface area contributed by atoms with Crippen molar-refractivity contribution in [2.45, 2.75) is 38.6 Å². The summed E-state index contributed by atoms with van der Waals surface area (Å²) in [4.78, 5) is 4.01. The summed E-state index contributed by atoms with van der Waals surface area (Å²) >= 11 is 11.7. The zero-order valence-corrected chi connectivity index (χ0v) is 11.4. The third kappa shape index (κ3) is 3.55. The van der Waals surface area contributed by atoms with E-state index in [1.54, 1.807) is 6.20 Å². The fraction of sp³-hybridized carbons (Fsp3) is 0.583. The summed E-state index contributed by atoms with van der Waals surface area (Å²) in [6.07, 6.45) is 3.63. The molecule has 1 fully saturated rings. The van der Waals surface area contributed by atoms with Crippen LogP contribution in [0.2, 0.25) is 10.2 Å². The maximum atomic E-state index is 5.90. The van der Waals surface area contributed by atoms with E-state index < -0.39 is 5.79 Å². The van der Waals surface area contributed by atoms with Crippen LogP contribution in [0.4, 0.5) is 0 Å². The molecule has 0 amide bonds. The van der Waals surface area contributed by atoms with Gasteiger partial charge in [-0.25, -0.2) is 4.98 Å². The topological polar surface area (TPSA) is 31.4 Å². The molecule has 0 radical (unpaired) electrons. The van der Waals surface area contributed by atoms with Gasteiger partial charge in [-0.1, -0.05) is 23.2 Å². The third-order valence-corrected chi connectivity index (χ3v) is 3.36. The summed E-state index contributed by atoms with van der Waals surface area (Å²) in [7, 11) is 0. The Hall–Kier alpha value is -0.350. The lowest BCUT2D eigenvalue weighted by atomic mass is 10.1. The quantitative estimate of drug-likeness (QED) is 0.792. The van der Waals surface area contributed by atoms with Gasteiger partial charge in [0.1, 0.15) is 5.15 Å². The van der Waals surface area contributed by atoms with Crippen molar-refractivity contribution in [2.24, 2.45) is 0 Å². The van der Waals surface area contributed by atoms with Gasteiger partial charge in [-0.05, 0) is 38.3 Å². The first-order valence-corrected chi connectivity index (χ1v) is 6.33. The molecule has 3 nitrogen and oxygen atoms in total. The minimum Gasteiger partial charge on any atom is -0.348 e. The molecule has 2 rings (SSSR count). The Bertz CT molecular complexity index is 409. The maximum absolute atomic E-state index is 5.90. The second-order valence-corrected chi connectivity index (χ2v) is 5.37. The van der Waals surface area contributed by atoms with Crippen molar-refractivity contribution < 1.29 is 9.47 Å².